The van der Waals surface area contributed by atoms with Crippen molar-refractivity contribution in [3.63, 3.8) is 0 Å². The molecule has 0 heterocycles. The third-order valence-electron chi connectivity index (χ3n) is 3.12. The molecule has 0 saturated heterocycles. The van der Waals surface area contributed by atoms with E-state index >= 15 is 0 Å². The molecule has 0 saturated carbocycles. The van der Waals surface area contributed by atoms with Crippen molar-refractivity contribution in [3.8, 4) is 12.3 Å². The normalized spacial score (nSPS) is 10.4. The lowest BCUT2D eigenvalue weighted by atomic mass is 10.1. The van der Waals surface area contributed by atoms with E-state index in [4.69, 9.17) is 6.42 Å². The topological polar surface area (TPSA) is 12.0 Å². The van der Waals surface area contributed by atoms with Crippen LogP contribution in [0, 0.1) is 18.9 Å². The van der Waals surface area contributed by atoms with Crippen LogP contribution in [0.1, 0.15) is 77.0 Å². The first-order valence-corrected chi connectivity index (χ1v) is 7.34. The molecule has 1 nitrogen and oxygen atoms in total. The van der Waals surface area contributed by atoms with Crippen LogP contribution in [-0.4, -0.2) is 7.05 Å². The minimum absolute atomic E-state index is 0.962. The van der Waals surface area contributed by atoms with Crippen LogP contribution in [0.15, 0.2) is 0 Å². The van der Waals surface area contributed by atoms with E-state index in [9.17, 15) is 0 Å². The van der Waals surface area contributed by atoms with Gasteiger partial charge in [-0.25, -0.2) is 0 Å². The smallest absolute Gasteiger partial charge is 0.0218 e. The van der Waals surface area contributed by atoms with Gasteiger partial charge in [-0.05, 0) is 19.9 Å². The molecule has 0 fully saturated rings. The van der Waals surface area contributed by atoms with Gasteiger partial charge in [-0.3, -0.25) is 0 Å². The SMILES string of the molecule is C#CCCCCCCCCCCCC[CH]NC. The van der Waals surface area contributed by atoms with Crippen LogP contribution in [-0.2, 0) is 0 Å². The van der Waals surface area contributed by atoms with Crippen LogP contribution in [0.5, 0.6) is 0 Å². The van der Waals surface area contributed by atoms with Gasteiger partial charge in [0.2, 0.25) is 0 Å². The van der Waals surface area contributed by atoms with Crippen LogP contribution >= 0.6 is 0 Å². The largest absolute Gasteiger partial charge is 0.315 e. The molecule has 0 unspecified atom stereocenters. The Balaban J connectivity index is 2.87. The first kappa shape index (κ1) is 16.5. The van der Waals surface area contributed by atoms with Crippen molar-refractivity contribution >= 4 is 0 Å². The Kier molecular flexibility index (Phi) is 15.1. The van der Waals surface area contributed by atoms with Gasteiger partial charge >= 0.3 is 0 Å². The maximum Gasteiger partial charge on any atom is 0.0218 e. The summed E-state index contributed by atoms with van der Waals surface area (Å²) >= 11 is 0. The molecule has 1 heteroatoms. The van der Waals surface area contributed by atoms with Gasteiger partial charge in [0.05, 0.1) is 0 Å². The number of rotatable bonds is 13. The van der Waals surface area contributed by atoms with E-state index in [1.807, 2.05) is 7.05 Å². The number of hydrogen-bond donors (Lipinski definition) is 1. The van der Waals surface area contributed by atoms with Crippen molar-refractivity contribution in [2.24, 2.45) is 0 Å². The Morgan fingerprint density at radius 2 is 1.29 bits per heavy atom. The van der Waals surface area contributed by atoms with E-state index in [-0.39, 0.29) is 0 Å². The quantitative estimate of drug-likeness (QED) is 0.361. The summed E-state index contributed by atoms with van der Waals surface area (Å²) in [6.07, 6.45) is 21.1. The van der Waals surface area contributed by atoms with Crippen molar-refractivity contribution in [1.82, 2.24) is 5.32 Å². The standard InChI is InChI=1S/C16H30N/c1-3-4-5-6-7-8-9-10-11-12-13-14-15-16-17-2/h1,16-17H,4-15H2,2H3. The highest BCUT2D eigenvalue weighted by molar-refractivity contribution is 4.82. The van der Waals surface area contributed by atoms with E-state index in [2.05, 4.69) is 17.8 Å². The summed E-state index contributed by atoms with van der Waals surface area (Å²) in [5.74, 6) is 2.70. The Morgan fingerprint density at radius 1 is 0.824 bits per heavy atom. The Morgan fingerprint density at radius 3 is 1.76 bits per heavy atom. The van der Waals surface area contributed by atoms with Crippen LogP contribution in [0.3, 0.4) is 0 Å². The number of unbranched alkanes of at least 4 members (excludes halogenated alkanes) is 11. The summed E-state index contributed by atoms with van der Waals surface area (Å²) in [5.41, 5.74) is 0. The van der Waals surface area contributed by atoms with Gasteiger partial charge in [0.25, 0.3) is 0 Å². The summed E-state index contributed by atoms with van der Waals surface area (Å²) in [6, 6.07) is 0. The lowest BCUT2D eigenvalue weighted by molar-refractivity contribution is 0.550. The van der Waals surface area contributed by atoms with Gasteiger partial charge in [0, 0.05) is 13.0 Å². The van der Waals surface area contributed by atoms with Crippen molar-refractivity contribution in [2.75, 3.05) is 7.05 Å². The van der Waals surface area contributed by atoms with Crippen molar-refractivity contribution in [2.45, 2.75) is 77.0 Å². The fraction of sp³-hybridized carbons (Fsp3) is 0.812. The monoisotopic (exact) mass is 236 g/mol. The molecule has 0 amide bonds. The first-order valence-electron chi connectivity index (χ1n) is 7.34. The summed E-state index contributed by atoms with van der Waals surface area (Å²) < 4.78 is 0. The van der Waals surface area contributed by atoms with Crippen molar-refractivity contribution < 1.29 is 0 Å². The molecule has 0 rings (SSSR count). The van der Waals surface area contributed by atoms with Crippen LogP contribution in [0.25, 0.3) is 0 Å². The summed E-state index contributed by atoms with van der Waals surface area (Å²) in [7, 11) is 1.98. The molecule has 0 bridgehead atoms. The third-order valence-corrected chi connectivity index (χ3v) is 3.12. The van der Waals surface area contributed by atoms with Crippen LogP contribution < -0.4 is 5.32 Å². The predicted octanol–water partition coefficient (Wildman–Crippen LogP) is 4.68. The summed E-state index contributed by atoms with van der Waals surface area (Å²) in [4.78, 5) is 0. The van der Waals surface area contributed by atoms with Crippen LogP contribution in [0.2, 0.25) is 0 Å². The lowest BCUT2D eigenvalue weighted by Gasteiger charge is -2.02. The molecular formula is C16H30N. The highest BCUT2D eigenvalue weighted by atomic mass is 14.8. The molecule has 1 radical (unpaired) electrons. The van der Waals surface area contributed by atoms with Gasteiger partial charge in [-0.1, -0.05) is 57.8 Å². The second-order valence-corrected chi connectivity index (χ2v) is 4.77. The molecule has 1 N–H and O–H groups in total. The van der Waals surface area contributed by atoms with E-state index in [0.717, 1.165) is 6.42 Å². The zero-order valence-corrected chi connectivity index (χ0v) is 11.6. The van der Waals surface area contributed by atoms with E-state index in [0.29, 0.717) is 0 Å². The lowest BCUT2D eigenvalue weighted by Crippen LogP contribution is -1.99. The molecule has 0 aromatic heterocycles. The second kappa shape index (κ2) is 15.5. The number of terminal acetylenes is 1. The molecule has 0 atom stereocenters. The summed E-state index contributed by atoms with van der Waals surface area (Å²) in [6.45, 7) is 2.15. The zero-order chi connectivity index (χ0) is 12.6. The third kappa shape index (κ3) is 15.5. The minimum atomic E-state index is 0.962. The molecule has 0 aromatic rings. The molecule has 0 aromatic carbocycles. The fourth-order valence-electron chi connectivity index (χ4n) is 2.03. The molecule has 0 aliphatic carbocycles. The number of hydrogen-bond acceptors (Lipinski definition) is 1. The Hall–Kier alpha value is -0.480. The van der Waals surface area contributed by atoms with Crippen LogP contribution in [0.4, 0.5) is 0 Å². The fourth-order valence-corrected chi connectivity index (χ4v) is 2.03. The minimum Gasteiger partial charge on any atom is -0.315 e. The van der Waals surface area contributed by atoms with Crippen molar-refractivity contribution in [3.05, 3.63) is 6.54 Å². The average Bonchev–Trinajstić information content (AvgIpc) is 2.35. The maximum atomic E-state index is 5.21. The molecule has 0 aliphatic rings. The molecular weight excluding hydrogens is 206 g/mol. The van der Waals surface area contributed by atoms with Gasteiger partial charge in [0.1, 0.15) is 0 Å². The second-order valence-electron chi connectivity index (χ2n) is 4.77. The van der Waals surface area contributed by atoms with E-state index in [1.165, 1.54) is 70.6 Å². The van der Waals surface area contributed by atoms with Gasteiger partial charge in [-0.2, -0.15) is 0 Å². The molecule has 99 valence electrons. The zero-order valence-electron chi connectivity index (χ0n) is 11.6. The molecule has 17 heavy (non-hydrogen) atoms. The van der Waals surface area contributed by atoms with Crippen molar-refractivity contribution in [1.29, 1.82) is 0 Å². The Bertz CT molecular complexity index is 169. The molecule has 0 aliphatic heterocycles. The predicted molar refractivity (Wildman–Crippen MR) is 77.6 cm³/mol. The van der Waals surface area contributed by atoms with E-state index in [1.54, 1.807) is 0 Å². The maximum absolute atomic E-state index is 5.21. The molecule has 0 spiro atoms. The average molecular weight is 236 g/mol. The van der Waals surface area contributed by atoms with Gasteiger partial charge in [-0.15, -0.1) is 12.3 Å². The van der Waals surface area contributed by atoms with Gasteiger partial charge < -0.3 is 5.32 Å². The van der Waals surface area contributed by atoms with E-state index < -0.39 is 0 Å². The van der Waals surface area contributed by atoms with Gasteiger partial charge in [0.15, 0.2) is 0 Å². The highest BCUT2D eigenvalue weighted by Crippen LogP contribution is 2.11. The highest BCUT2D eigenvalue weighted by Gasteiger charge is 1.93. The Labute approximate surface area is 109 Å². The summed E-state index contributed by atoms with van der Waals surface area (Å²) in [5, 5.41) is 3.07. The first-order chi connectivity index (χ1) is 8.41. The number of nitrogens with one attached hydrogen (secondary N) is 1.